The SMILES string of the molecule is CCCNC(C)(CO)CC(C)Sc1nncs1. The molecule has 1 heterocycles. The number of nitrogens with zero attached hydrogens (tertiary/aromatic N) is 2. The molecule has 0 amide bonds. The zero-order valence-electron chi connectivity index (χ0n) is 10.6. The van der Waals surface area contributed by atoms with Crippen LogP contribution in [0.5, 0.6) is 0 Å². The highest BCUT2D eigenvalue weighted by Gasteiger charge is 2.25. The van der Waals surface area contributed by atoms with Gasteiger partial charge in [0, 0.05) is 10.8 Å². The number of aromatic nitrogens is 2. The highest BCUT2D eigenvalue weighted by molar-refractivity contribution is 8.01. The first kappa shape index (κ1) is 14.9. The van der Waals surface area contributed by atoms with Crippen molar-refractivity contribution >= 4 is 23.1 Å². The molecule has 0 fully saturated rings. The van der Waals surface area contributed by atoms with E-state index in [1.165, 1.54) is 0 Å². The van der Waals surface area contributed by atoms with E-state index < -0.39 is 0 Å². The molecule has 4 nitrogen and oxygen atoms in total. The molecule has 2 N–H and O–H groups in total. The minimum absolute atomic E-state index is 0.161. The summed E-state index contributed by atoms with van der Waals surface area (Å²) in [6.45, 7) is 7.46. The lowest BCUT2D eigenvalue weighted by atomic mass is 9.97. The van der Waals surface area contributed by atoms with Gasteiger partial charge in [0.05, 0.1) is 6.61 Å². The van der Waals surface area contributed by atoms with Gasteiger partial charge in [-0.1, -0.05) is 36.9 Å². The fraction of sp³-hybridized carbons (Fsp3) is 0.818. The van der Waals surface area contributed by atoms with Gasteiger partial charge in [0.15, 0.2) is 4.34 Å². The Labute approximate surface area is 111 Å². The molecule has 1 rings (SSSR count). The number of nitrogens with one attached hydrogen (secondary N) is 1. The van der Waals surface area contributed by atoms with Crippen LogP contribution >= 0.6 is 23.1 Å². The first-order chi connectivity index (χ1) is 8.09. The standard InChI is InChI=1S/C11H21N3OS2/c1-4-5-12-11(3,7-15)6-9(2)17-10-14-13-8-16-10/h8-9,12,15H,4-7H2,1-3H3. The second-order valence-electron chi connectivity index (χ2n) is 4.48. The third-order valence-corrected chi connectivity index (χ3v) is 4.44. The van der Waals surface area contributed by atoms with E-state index in [2.05, 4.69) is 36.3 Å². The number of aliphatic hydroxyl groups is 1. The minimum atomic E-state index is -0.201. The maximum absolute atomic E-state index is 9.49. The summed E-state index contributed by atoms with van der Waals surface area (Å²) in [5.74, 6) is 0. The van der Waals surface area contributed by atoms with Gasteiger partial charge in [0.1, 0.15) is 5.51 Å². The number of rotatable bonds is 8. The van der Waals surface area contributed by atoms with E-state index in [1.54, 1.807) is 28.6 Å². The zero-order valence-corrected chi connectivity index (χ0v) is 12.3. The first-order valence-corrected chi connectivity index (χ1v) is 7.64. The molecule has 0 saturated carbocycles. The molecule has 6 heteroatoms. The quantitative estimate of drug-likeness (QED) is 0.712. The number of aliphatic hydroxyl groups excluding tert-OH is 1. The molecule has 2 unspecified atom stereocenters. The molecule has 0 saturated heterocycles. The van der Waals surface area contributed by atoms with Gasteiger partial charge in [0.25, 0.3) is 0 Å². The van der Waals surface area contributed by atoms with Gasteiger partial charge in [-0.15, -0.1) is 10.2 Å². The Morgan fingerprint density at radius 3 is 2.94 bits per heavy atom. The fourth-order valence-electron chi connectivity index (χ4n) is 1.68. The number of hydrogen-bond acceptors (Lipinski definition) is 6. The van der Waals surface area contributed by atoms with E-state index >= 15 is 0 Å². The van der Waals surface area contributed by atoms with Crippen molar-refractivity contribution in [2.45, 2.75) is 48.7 Å². The third-order valence-electron chi connectivity index (χ3n) is 2.53. The van der Waals surface area contributed by atoms with Crippen LogP contribution in [0.15, 0.2) is 9.85 Å². The van der Waals surface area contributed by atoms with Gasteiger partial charge in [-0.3, -0.25) is 0 Å². The summed E-state index contributed by atoms with van der Waals surface area (Å²) < 4.78 is 0.994. The Bertz CT molecular complexity index is 308. The molecule has 1 aromatic rings. The predicted octanol–water partition coefficient (Wildman–Crippen LogP) is 2.16. The van der Waals surface area contributed by atoms with E-state index in [0.29, 0.717) is 5.25 Å². The molecule has 17 heavy (non-hydrogen) atoms. The molecular weight excluding hydrogens is 254 g/mol. The zero-order chi connectivity index (χ0) is 12.7. The molecule has 0 aromatic carbocycles. The van der Waals surface area contributed by atoms with E-state index in [0.717, 1.165) is 23.7 Å². The normalized spacial score (nSPS) is 16.7. The van der Waals surface area contributed by atoms with Crippen molar-refractivity contribution in [3.05, 3.63) is 5.51 Å². The Morgan fingerprint density at radius 2 is 2.41 bits per heavy atom. The molecular formula is C11H21N3OS2. The average molecular weight is 275 g/mol. The van der Waals surface area contributed by atoms with E-state index in [9.17, 15) is 5.11 Å². The second-order valence-corrected chi connectivity index (χ2v) is 7.00. The van der Waals surface area contributed by atoms with Crippen LogP contribution in [-0.2, 0) is 0 Å². The lowest BCUT2D eigenvalue weighted by Gasteiger charge is -2.31. The fourth-order valence-corrected chi connectivity index (χ4v) is 3.69. The number of hydrogen-bond donors (Lipinski definition) is 2. The van der Waals surface area contributed by atoms with Gasteiger partial charge >= 0.3 is 0 Å². The first-order valence-electron chi connectivity index (χ1n) is 5.88. The van der Waals surface area contributed by atoms with Gasteiger partial charge in [-0.2, -0.15) is 0 Å². The molecule has 2 atom stereocenters. The van der Waals surface area contributed by atoms with Crippen LogP contribution in [-0.4, -0.2) is 39.2 Å². The summed E-state index contributed by atoms with van der Waals surface area (Å²) >= 11 is 3.28. The molecule has 98 valence electrons. The maximum atomic E-state index is 9.49. The maximum Gasteiger partial charge on any atom is 0.174 e. The summed E-state index contributed by atoms with van der Waals surface area (Å²) in [6, 6.07) is 0. The van der Waals surface area contributed by atoms with E-state index in [4.69, 9.17) is 0 Å². The monoisotopic (exact) mass is 275 g/mol. The van der Waals surface area contributed by atoms with Crippen LogP contribution in [0, 0.1) is 0 Å². The Balaban J connectivity index is 2.43. The molecule has 0 bridgehead atoms. The van der Waals surface area contributed by atoms with Crippen LogP contribution in [0.2, 0.25) is 0 Å². The third kappa shape index (κ3) is 5.33. The van der Waals surface area contributed by atoms with Gasteiger partial charge < -0.3 is 10.4 Å². The molecule has 1 aromatic heterocycles. The summed E-state index contributed by atoms with van der Waals surface area (Å²) in [5, 5.41) is 21.2. The molecule has 0 aliphatic rings. The van der Waals surface area contributed by atoms with Crippen molar-refractivity contribution in [1.29, 1.82) is 0 Å². The lowest BCUT2D eigenvalue weighted by Crippen LogP contribution is -2.47. The Kier molecular flexibility index (Phi) is 6.40. The average Bonchev–Trinajstić information content (AvgIpc) is 2.79. The van der Waals surface area contributed by atoms with Gasteiger partial charge in [0.2, 0.25) is 0 Å². The van der Waals surface area contributed by atoms with Crippen molar-refractivity contribution in [2.24, 2.45) is 0 Å². The predicted molar refractivity (Wildman–Crippen MR) is 73.6 cm³/mol. The summed E-state index contributed by atoms with van der Waals surface area (Å²) in [7, 11) is 0. The van der Waals surface area contributed by atoms with Gasteiger partial charge in [-0.25, -0.2) is 0 Å². The highest BCUT2D eigenvalue weighted by Crippen LogP contribution is 2.29. The molecule has 0 aliphatic heterocycles. The highest BCUT2D eigenvalue weighted by atomic mass is 32.2. The lowest BCUT2D eigenvalue weighted by molar-refractivity contribution is 0.166. The summed E-state index contributed by atoms with van der Waals surface area (Å²) in [6.07, 6.45) is 1.99. The second kappa shape index (κ2) is 7.31. The molecule has 0 radical (unpaired) electrons. The van der Waals surface area contributed by atoms with Crippen LogP contribution in [0.4, 0.5) is 0 Å². The smallest absolute Gasteiger partial charge is 0.174 e. The van der Waals surface area contributed by atoms with Crippen molar-refractivity contribution < 1.29 is 5.11 Å². The minimum Gasteiger partial charge on any atom is -0.394 e. The Hall–Kier alpha value is -0.170. The van der Waals surface area contributed by atoms with Crippen LogP contribution in [0.3, 0.4) is 0 Å². The van der Waals surface area contributed by atoms with Crippen molar-refractivity contribution in [3.8, 4) is 0 Å². The van der Waals surface area contributed by atoms with Crippen molar-refractivity contribution in [2.75, 3.05) is 13.2 Å². The van der Waals surface area contributed by atoms with E-state index in [1.807, 2.05) is 0 Å². The number of thioether (sulfide) groups is 1. The van der Waals surface area contributed by atoms with Crippen LogP contribution < -0.4 is 5.32 Å². The Morgan fingerprint density at radius 1 is 1.65 bits per heavy atom. The van der Waals surface area contributed by atoms with Crippen LogP contribution in [0.1, 0.15) is 33.6 Å². The topological polar surface area (TPSA) is 58.0 Å². The van der Waals surface area contributed by atoms with Crippen LogP contribution in [0.25, 0.3) is 0 Å². The largest absolute Gasteiger partial charge is 0.394 e. The van der Waals surface area contributed by atoms with Crippen molar-refractivity contribution in [1.82, 2.24) is 15.5 Å². The van der Waals surface area contributed by atoms with Crippen molar-refractivity contribution in [3.63, 3.8) is 0 Å². The molecule has 0 spiro atoms. The molecule has 0 aliphatic carbocycles. The summed E-state index contributed by atoms with van der Waals surface area (Å²) in [5.41, 5.74) is 1.54. The van der Waals surface area contributed by atoms with Gasteiger partial charge in [-0.05, 0) is 26.3 Å². The van der Waals surface area contributed by atoms with E-state index in [-0.39, 0.29) is 12.1 Å². The summed E-state index contributed by atoms with van der Waals surface area (Å²) in [4.78, 5) is 0.